The first-order valence-electron chi connectivity index (χ1n) is 6.51. The number of nitrogen functional groups attached to an aromatic ring is 1. The average molecular weight is 300 g/mol. The van der Waals surface area contributed by atoms with E-state index in [1.165, 1.54) is 0 Å². The van der Waals surface area contributed by atoms with Crippen molar-refractivity contribution in [3.63, 3.8) is 0 Å². The lowest BCUT2D eigenvalue weighted by Crippen LogP contribution is -2.18. The Bertz CT molecular complexity index is 810. The van der Waals surface area contributed by atoms with Gasteiger partial charge in [-0.2, -0.15) is 0 Å². The number of nitrogens with two attached hydrogens (primary N) is 1. The van der Waals surface area contributed by atoms with Gasteiger partial charge in [0.05, 0.1) is 5.52 Å². The number of benzene rings is 2. The van der Waals surface area contributed by atoms with Crippen LogP contribution in [-0.2, 0) is 11.3 Å². The first-order valence-corrected chi connectivity index (χ1v) is 6.89. The van der Waals surface area contributed by atoms with Crippen LogP contribution < -0.4 is 11.1 Å². The minimum absolute atomic E-state index is 0.114. The van der Waals surface area contributed by atoms with Gasteiger partial charge in [-0.1, -0.05) is 23.7 Å². The zero-order valence-corrected chi connectivity index (χ0v) is 12.0. The largest absolute Gasteiger partial charge is 0.399 e. The number of rotatable bonds is 3. The number of hydrogen-bond acceptors (Lipinski definition) is 2. The SMILES string of the molecule is Nc1ccc2ccn(CC(=O)Nc3cccc(Cl)c3)c2c1. The van der Waals surface area contributed by atoms with Crippen LogP contribution in [0, 0.1) is 0 Å². The predicted molar refractivity (Wildman–Crippen MR) is 86.4 cm³/mol. The van der Waals surface area contributed by atoms with Crippen LogP contribution in [0.5, 0.6) is 0 Å². The minimum atomic E-state index is -0.114. The molecule has 3 aromatic rings. The summed E-state index contributed by atoms with van der Waals surface area (Å²) in [5, 5.41) is 4.47. The van der Waals surface area contributed by atoms with E-state index in [9.17, 15) is 4.79 Å². The minimum Gasteiger partial charge on any atom is -0.399 e. The van der Waals surface area contributed by atoms with Crippen LogP contribution in [0.4, 0.5) is 11.4 Å². The molecule has 2 aromatic carbocycles. The van der Waals surface area contributed by atoms with Crippen molar-refractivity contribution >= 4 is 39.8 Å². The van der Waals surface area contributed by atoms with Crippen molar-refractivity contribution in [2.45, 2.75) is 6.54 Å². The molecule has 0 saturated heterocycles. The van der Waals surface area contributed by atoms with Crippen molar-refractivity contribution in [3.05, 3.63) is 59.8 Å². The second kappa shape index (κ2) is 5.50. The fraction of sp³-hybridized carbons (Fsp3) is 0.0625. The predicted octanol–water partition coefficient (Wildman–Crippen LogP) is 3.52. The summed E-state index contributed by atoms with van der Waals surface area (Å²) in [5.74, 6) is -0.114. The van der Waals surface area contributed by atoms with Gasteiger partial charge in [-0.3, -0.25) is 4.79 Å². The Hall–Kier alpha value is -2.46. The highest BCUT2D eigenvalue weighted by molar-refractivity contribution is 6.30. The summed E-state index contributed by atoms with van der Waals surface area (Å²) in [6, 6.07) is 14.7. The summed E-state index contributed by atoms with van der Waals surface area (Å²) in [7, 11) is 0. The van der Waals surface area contributed by atoms with E-state index in [2.05, 4.69) is 5.32 Å². The molecule has 3 rings (SSSR count). The molecule has 106 valence electrons. The van der Waals surface area contributed by atoms with Crippen LogP contribution in [0.2, 0.25) is 5.02 Å². The number of hydrogen-bond donors (Lipinski definition) is 2. The lowest BCUT2D eigenvalue weighted by atomic mass is 10.2. The van der Waals surface area contributed by atoms with E-state index in [1.54, 1.807) is 24.3 Å². The van der Waals surface area contributed by atoms with Crippen molar-refractivity contribution in [2.24, 2.45) is 0 Å². The molecule has 4 nitrogen and oxygen atoms in total. The standard InChI is InChI=1S/C16H14ClN3O/c17-12-2-1-3-14(8-12)19-16(21)10-20-7-6-11-4-5-13(18)9-15(11)20/h1-9H,10,18H2,(H,19,21). The van der Waals surface area contributed by atoms with Gasteiger partial charge >= 0.3 is 0 Å². The van der Waals surface area contributed by atoms with E-state index >= 15 is 0 Å². The molecule has 0 radical (unpaired) electrons. The summed E-state index contributed by atoms with van der Waals surface area (Å²) in [5.41, 5.74) is 8.10. The molecule has 0 aliphatic rings. The van der Waals surface area contributed by atoms with Gasteiger partial charge in [-0.25, -0.2) is 0 Å². The highest BCUT2D eigenvalue weighted by Gasteiger charge is 2.07. The van der Waals surface area contributed by atoms with Crippen LogP contribution in [0.3, 0.4) is 0 Å². The maximum atomic E-state index is 12.1. The number of carbonyl (C=O) groups excluding carboxylic acids is 1. The molecule has 0 aliphatic carbocycles. The molecule has 0 aliphatic heterocycles. The van der Waals surface area contributed by atoms with Crippen molar-refractivity contribution in [3.8, 4) is 0 Å². The number of aromatic nitrogens is 1. The molecule has 0 atom stereocenters. The number of nitrogens with zero attached hydrogens (tertiary/aromatic N) is 1. The fourth-order valence-electron chi connectivity index (χ4n) is 2.26. The smallest absolute Gasteiger partial charge is 0.244 e. The van der Waals surface area contributed by atoms with E-state index < -0.39 is 0 Å². The molecule has 1 heterocycles. The third kappa shape index (κ3) is 3.01. The Balaban J connectivity index is 1.79. The summed E-state index contributed by atoms with van der Waals surface area (Å²) in [6.45, 7) is 0.222. The quantitative estimate of drug-likeness (QED) is 0.727. The monoisotopic (exact) mass is 299 g/mol. The van der Waals surface area contributed by atoms with Gasteiger partial charge in [0.2, 0.25) is 5.91 Å². The Labute approximate surface area is 127 Å². The number of amides is 1. The van der Waals surface area contributed by atoms with Crippen LogP contribution in [0.15, 0.2) is 54.7 Å². The van der Waals surface area contributed by atoms with Gasteiger partial charge < -0.3 is 15.6 Å². The lowest BCUT2D eigenvalue weighted by Gasteiger charge is -2.08. The van der Waals surface area contributed by atoms with E-state index in [0.29, 0.717) is 16.4 Å². The molecule has 1 aromatic heterocycles. The molecule has 0 unspecified atom stereocenters. The second-order valence-electron chi connectivity index (χ2n) is 4.82. The fourth-order valence-corrected chi connectivity index (χ4v) is 2.45. The van der Waals surface area contributed by atoms with Gasteiger partial charge in [-0.15, -0.1) is 0 Å². The van der Waals surface area contributed by atoms with Gasteiger partial charge in [0.1, 0.15) is 6.54 Å². The molecule has 1 amide bonds. The normalized spacial score (nSPS) is 10.7. The van der Waals surface area contributed by atoms with Gasteiger partial charge in [-0.05, 0) is 41.8 Å². The van der Waals surface area contributed by atoms with Gasteiger partial charge in [0, 0.05) is 22.6 Å². The number of carbonyl (C=O) groups is 1. The van der Waals surface area contributed by atoms with Gasteiger partial charge in [0.15, 0.2) is 0 Å². The number of halogens is 1. The van der Waals surface area contributed by atoms with Crippen LogP contribution >= 0.6 is 11.6 Å². The van der Waals surface area contributed by atoms with E-state index in [-0.39, 0.29) is 12.5 Å². The molecule has 0 bridgehead atoms. The topological polar surface area (TPSA) is 60.0 Å². The maximum absolute atomic E-state index is 12.1. The highest BCUT2D eigenvalue weighted by atomic mass is 35.5. The first-order chi connectivity index (χ1) is 10.1. The van der Waals surface area contributed by atoms with Crippen LogP contribution in [-0.4, -0.2) is 10.5 Å². The van der Waals surface area contributed by atoms with E-state index in [0.717, 1.165) is 10.9 Å². The summed E-state index contributed by atoms with van der Waals surface area (Å²) >= 11 is 5.90. The third-order valence-corrected chi connectivity index (χ3v) is 3.46. The molecule has 0 fully saturated rings. The van der Waals surface area contributed by atoms with Crippen molar-refractivity contribution < 1.29 is 4.79 Å². The molecule has 5 heteroatoms. The Kier molecular flexibility index (Phi) is 3.54. The summed E-state index contributed by atoms with van der Waals surface area (Å²) < 4.78 is 1.87. The Morgan fingerprint density at radius 3 is 2.86 bits per heavy atom. The van der Waals surface area contributed by atoms with Crippen molar-refractivity contribution in [1.29, 1.82) is 0 Å². The zero-order valence-electron chi connectivity index (χ0n) is 11.2. The number of fused-ring (bicyclic) bond motifs is 1. The number of anilines is 2. The van der Waals surface area contributed by atoms with Crippen molar-refractivity contribution in [1.82, 2.24) is 4.57 Å². The molecular formula is C16H14ClN3O. The number of nitrogens with one attached hydrogen (secondary N) is 1. The highest BCUT2D eigenvalue weighted by Crippen LogP contribution is 2.19. The Morgan fingerprint density at radius 1 is 1.19 bits per heavy atom. The van der Waals surface area contributed by atoms with Gasteiger partial charge in [0.25, 0.3) is 0 Å². The maximum Gasteiger partial charge on any atom is 0.244 e. The van der Waals surface area contributed by atoms with Crippen LogP contribution in [0.25, 0.3) is 10.9 Å². The third-order valence-electron chi connectivity index (χ3n) is 3.22. The molecule has 3 N–H and O–H groups in total. The average Bonchev–Trinajstić information content (AvgIpc) is 2.81. The zero-order chi connectivity index (χ0) is 14.8. The van der Waals surface area contributed by atoms with Crippen molar-refractivity contribution in [2.75, 3.05) is 11.1 Å². The molecule has 0 spiro atoms. The van der Waals surface area contributed by atoms with E-state index in [4.69, 9.17) is 17.3 Å². The first kappa shape index (κ1) is 13.5. The lowest BCUT2D eigenvalue weighted by molar-refractivity contribution is -0.116. The Morgan fingerprint density at radius 2 is 2.05 bits per heavy atom. The second-order valence-corrected chi connectivity index (χ2v) is 5.26. The molecule has 21 heavy (non-hydrogen) atoms. The summed E-state index contributed by atoms with van der Waals surface area (Å²) in [4.78, 5) is 12.1. The van der Waals surface area contributed by atoms with Crippen LogP contribution in [0.1, 0.15) is 0 Å². The molecule has 0 saturated carbocycles. The molecular weight excluding hydrogens is 286 g/mol. The summed E-state index contributed by atoms with van der Waals surface area (Å²) in [6.07, 6.45) is 1.88. The van der Waals surface area contributed by atoms with E-state index in [1.807, 2.05) is 35.0 Å².